The van der Waals surface area contributed by atoms with Crippen molar-refractivity contribution in [1.82, 2.24) is 0 Å². The first-order valence-corrected chi connectivity index (χ1v) is 6.87. The lowest BCUT2D eigenvalue weighted by molar-refractivity contribution is -0.117. The van der Waals surface area contributed by atoms with E-state index in [4.69, 9.17) is 11.6 Å². The van der Waals surface area contributed by atoms with Gasteiger partial charge in [0.05, 0.1) is 23.4 Å². The van der Waals surface area contributed by atoms with Gasteiger partial charge in [-0.25, -0.2) is 4.79 Å². The van der Waals surface area contributed by atoms with E-state index in [1.54, 1.807) is 17.0 Å². The third-order valence-corrected chi connectivity index (χ3v) is 3.94. The predicted octanol–water partition coefficient (Wildman–Crippen LogP) is 2.41. The van der Waals surface area contributed by atoms with Crippen molar-refractivity contribution in [2.24, 2.45) is 5.92 Å². The fraction of sp³-hybridized carbons (Fsp3) is 0.385. The average molecular weight is 300 g/mol. The molecule has 1 amide bonds. The standard InChI is InChI=1S/C13H14ClNO3S/c1-18-13(17)9-2-3-11(10(14)5-9)15-6-8(7-19)4-12(15)16/h2-3,5,8,19H,4,6-7H2,1H3. The zero-order valence-electron chi connectivity index (χ0n) is 10.4. The van der Waals surface area contributed by atoms with Gasteiger partial charge in [0.1, 0.15) is 0 Å². The summed E-state index contributed by atoms with van der Waals surface area (Å²) in [7, 11) is 1.31. The molecule has 0 aliphatic carbocycles. The zero-order valence-corrected chi connectivity index (χ0v) is 12.1. The Hall–Kier alpha value is -1.20. The first-order chi connectivity index (χ1) is 9.06. The van der Waals surface area contributed by atoms with Crippen molar-refractivity contribution < 1.29 is 14.3 Å². The maximum absolute atomic E-state index is 11.9. The molecule has 1 atom stereocenters. The second-order valence-corrected chi connectivity index (χ2v) is 5.19. The minimum absolute atomic E-state index is 0.0340. The van der Waals surface area contributed by atoms with Crippen LogP contribution in [0.25, 0.3) is 0 Å². The van der Waals surface area contributed by atoms with Gasteiger partial charge >= 0.3 is 5.97 Å². The molecule has 2 rings (SSSR count). The Morgan fingerprint density at radius 3 is 2.84 bits per heavy atom. The molecule has 1 aromatic carbocycles. The number of carbonyl (C=O) groups is 2. The summed E-state index contributed by atoms with van der Waals surface area (Å²) in [6, 6.07) is 4.80. The molecule has 1 aromatic rings. The van der Waals surface area contributed by atoms with Crippen LogP contribution in [0.2, 0.25) is 5.02 Å². The van der Waals surface area contributed by atoms with Crippen LogP contribution in [0.3, 0.4) is 0 Å². The van der Waals surface area contributed by atoms with E-state index in [0.717, 1.165) is 0 Å². The van der Waals surface area contributed by atoms with Gasteiger partial charge in [-0.3, -0.25) is 4.79 Å². The minimum Gasteiger partial charge on any atom is -0.465 e. The smallest absolute Gasteiger partial charge is 0.337 e. The number of nitrogens with zero attached hydrogens (tertiary/aromatic N) is 1. The normalized spacial score (nSPS) is 18.8. The molecule has 4 nitrogen and oxygen atoms in total. The summed E-state index contributed by atoms with van der Waals surface area (Å²) in [5.74, 6) is 0.494. The molecule has 1 aliphatic heterocycles. The van der Waals surface area contributed by atoms with Crippen LogP contribution >= 0.6 is 24.2 Å². The van der Waals surface area contributed by atoms with Crippen molar-refractivity contribution in [2.45, 2.75) is 6.42 Å². The lowest BCUT2D eigenvalue weighted by Gasteiger charge is -2.18. The van der Waals surface area contributed by atoms with Crippen LogP contribution in [0.5, 0.6) is 0 Å². The zero-order chi connectivity index (χ0) is 14.0. The molecule has 1 heterocycles. The highest BCUT2D eigenvalue weighted by atomic mass is 35.5. The summed E-state index contributed by atoms with van der Waals surface area (Å²) in [5.41, 5.74) is 0.997. The van der Waals surface area contributed by atoms with Crippen molar-refractivity contribution >= 4 is 41.8 Å². The van der Waals surface area contributed by atoms with E-state index in [2.05, 4.69) is 17.4 Å². The number of anilines is 1. The highest BCUT2D eigenvalue weighted by molar-refractivity contribution is 7.80. The van der Waals surface area contributed by atoms with Crippen LogP contribution in [0.1, 0.15) is 16.8 Å². The van der Waals surface area contributed by atoms with Gasteiger partial charge in [0, 0.05) is 13.0 Å². The number of ether oxygens (including phenoxy) is 1. The molecular weight excluding hydrogens is 286 g/mol. The molecule has 1 aliphatic rings. The number of thiol groups is 1. The number of hydrogen-bond donors (Lipinski definition) is 1. The van der Waals surface area contributed by atoms with Gasteiger partial charge < -0.3 is 9.64 Å². The fourth-order valence-corrected chi connectivity index (χ4v) is 2.63. The summed E-state index contributed by atoms with van der Waals surface area (Å²) in [6.45, 7) is 0.611. The van der Waals surface area contributed by atoms with Gasteiger partial charge in [-0.15, -0.1) is 0 Å². The molecule has 1 saturated heterocycles. The van der Waals surface area contributed by atoms with E-state index in [9.17, 15) is 9.59 Å². The topological polar surface area (TPSA) is 46.6 Å². The Balaban J connectivity index is 2.27. The number of methoxy groups -OCH3 is 1. The first-order valence-electron chi connectivity index (χ1n) is 5.86. The van der Waals surface area contributed by atoms with E-state index < -0.39 is 5.97 Å². The molecule has 0 saturated carbocycles. The lowest BCUT2D eigenvalue weighted by atomic mass is 10.1. The molecule has 1 fully saturated rings. The average Bonchev–Trinajstić information content (AvgIpc) is 2.79. The maximum Gasteiger partial charge on any atom is 0.337 e. The van der Waals surface area contributed by atoms with Gasteiger partial charge in [-0.2, -0.15) is 12.6 Å². The van der Waals surface area contributed by atoms with Gasteiger partial charge in [-0.1, -0.05) is 11.6 Å². The van der Waals surface area contributed by atoms with E-state index >= 15 is 0 Å². The molecule has 6 heteroatoms. The van der Waals surface area contributed by atoms with Gasteiger partial charge in [-0.05, 0) is 29.9 Å². The highest BCUT2D eigenvalue weighted by Gasteiger charge is 2.30. The van der Waals surface area contributed by atoms with Crippen molar-refractivity contribution in [3.8, 4) is 0 Å². The van der Waals surface area contributed by atoms with Crippen LogP contribution in [0, 0.1) is 5.92 Å². The Labute approximate surface area is 122 Å². The fourth-order valence-electron chi connectivity index (χ4n) is 2.11. The van der Waals surface area contributed by atoms with E-state index in [1.807, 2.05) is 0 Å². The molecule has 0 aromatic heterocycles. The Morgan fingerprint density at radius 2 is 2.32 bits per heavy atom. The second kappa shape index (κ2) is 5.84. The van der Waals surface area contributed by atoms with E-state index in [0.29, 0.717) is 35.0 Å². The molecule has 0 bridgehead atoms. The number of amides is 1. The highest BCUT2D eigenvalue weighted by Crippen LogP contribution is 2.32. The number of halogens is 1. The molecule has 0 spiro atoms. The third kappa shape index (κ3) is 2.87. The van der Waals surface area contributed by atoms with Crippen LogP contribution < -0.4 is 4.90 Å². The van der Waals surface area contributed by atoms with Gasteiger partial charge in [0.25, 0.3) is 0 Å². The maximum atomic E-state index is 11.9. The van der Waals surface area contributed by atoms with Crippen molar-refractivity contribution in [3.63, 3.8) is 0 Å². The quantitative estimate of drug-likeness (QED) is 0.689. The number of rotatable bonds is 3. The molecule has 1 unspecified atom stereocenters. The summed E-state index contributed by atoms with van der Waals surface area (Å²) >= 11 is 10.4. The second-order valence-electron chi connectivity index (χ2n) is 4.41. The SMILES string of the molecule is COC(=O)c1ccc(N2CC(CS)CC2=O)c(Cl)c1. The number of carbonyl (C=O) groups excluding carboxylic acids is 2. The summed E-state index contributed by atoms with van der Waals surface area (Å²) in [5, 5.41) is 0.371. The molecule has 0 N–H and O–H groups in total. The number of esters is 1. The van der Waals surface area contributed by atoms with Crippen molar-refractivity contribution in [2.75, 3.05) is 24.3 Å². The first kappa shape index (κ1) is 14.2. The minimum atomic E-state index is -0.450. The Kier molecular flexibility index (Phi) is 4.37. The number of hydrogen-bond acceptors (Lipinski definition) is 4. The van der Waals surface area contributed by atoms with Gasteiger partial charge in [0.2, 0.25) is 5.91 Å². The van der Waals surface area contributed by atoms with Gasteiger partial charge in [0.15, 0.2) is 0 Å². The number of benzene rings is 1. The van der Waals surface area contributed by atoms with Crippen LogP contribution in [-0.4, -0.2) is 31.3 Å². The molecule has 102 valence electrons. The van der Waals surface area contributed by atoms with Crippen LogP contribution in [0.4, 0.5) is 5.69 Å². The predicted molar refractivity (Wildman–Crippen MR) is 77.1 cm³/mol. The summed E-state index contributed by atoms with van der Waals surface area (Å²) < 4.78 is 4.62. The van der Waals surface area contributed by atoms with Crippen molar-refractivity contribution in [3.05, 3.63) is 28.8 Å². The Morgan fingerprint density at radius 1 is 1.58 bits per heavy atom. The molecule has 19 heavy (non-hydrogen) atoms. The van der Waals surface area contributed by atoms with E-state index in [1.165, 1.54) is 13.2 Å². The van der Waals surface area contributed by atoms with Crippen LogP contribution in [0.15, 0.2) is 18.2 Å². The largest absolute Gasteiger partial charge is 0.465 e. The monoisotopic (exact) mass is 299 g/mol. The Bertz CT molecular complexity index is 521. The molecular formula is C13H14ClNO3S. The third-order valence-electron chi connectivity index (χ3n) is 3.12. The summed E-state index contributed by atoms with van der Waals surface area (Å²) in [4.78, 5) is 24.9. The summed E-state index contributed by atoms with van der Waals surface area (Å²) in [6.07, 6.45) is 0.485. The lowest BCUT2D eigenvalue weighted by Crippen LogP contribution is -2.25. The van der Waals surface area contributed by atoms with Crippen molar-refractivity contribution in [1.29, 1.82) is 0 Å². The van der Waals surface area contributed by atoms with Crippen LogP contribution in [-0.2, 0) is 9.53 Å². The molecule has 0 radical (unpaired) electrons. The van der Waals surface area contributed by atoms with E-state index in [-0.39, 0.29) is 11.8 Å².